The van der Waals surface area contributed by atoms with Gasteiger partial charge in [0.25, 0.3) is 0 Å². The molecule has 0 spiro atoms. The minimum atomic E-state index is 0.884. The standard InChI is InChI=1S/C9H13N3/c1-4-8-7-11-12(6-3)9(8)10-5-2/h5-7H,3-4H2,1-2H3/b10-5-. The maximum absolute atomic E-state index is 4.21. The number of aliphatic imine (C=N–C) groups is 1. The van der Waals surface area contributed by atoms with E-state index >= 15 is 0 Å². The number of rotatable bonds is 3. The molecule has 0 unspecified atom stereocenters. The normalized spacial score (nSPS) is 10.8. The maximum atomic E-state index is 4.21. The molecule has 0 aliphatic carbocycles. The van der Waals surface area contributed by atoms with Crippen LogP contribution in [0.2, 0.25) is 0 Å². The summed E-state index contributed by atoms with van der Waals surface area (Å²) in [5.74, 6) is 0.884. The van der Waals surface area contributed by atoms with Crippen molar-refractivity contribution in [1.29, 1.82) is 0 Å². The van der Waals surface area contributed by atoms with Crippen LogP contribution < -0.4 is 0 Å². The van der Waals surface area contributed by atoms with Crippen LogP contribution in [-0.2, 0) is 6.42 Å². The molecule has 1 rings (SSSR count). The summed E-state index contributed by atoms with van der Waals surface area (Å²) in [4.78, 5) is 4.21. The Balaban J connectivity index is 3.15. The summed E-state index contributed by atoms with van der Waals surface area (Å²) < 4.78 is 1.68. The highest BCUT2D eigenvalue weighted by atomic mass is 15.3. The molecular weight excluding hydrogens is 150 g/mol. The van der Waals surface area contributed by atoms with E-state index in [9.17, 15) is 0 Å². The van der Waals surface area contributed by atoms with E-state index in [2.05, 4.69) is 23.6 Å². The third kappa shape index (κ3) is 1.44. The fraction of sp³-hybridized carbons (Fsp3) is 0.333. The largest absolute Gasteiger partial charge is 0.242 e. The first kappa shape index (κ1) is 8.71. The van der Waals surface area contributed by atoms with Crippen molar-refractivity contribution in [2.45, 2.75) is 20.3 Å². The van der Waals surface area contributed by atoms with Crippen molar-refractivity contribution < 1.29 is 0 Å². The first-order valence-corrected chi connectivity index (χ1v) is 4.01. The van der Waals surface area contributed by atoms with Gasteiger partial charge in [-0.2, -0.15) is 5.10 Å². The second kappa shape index (κ2) is 3.85. The minimum Gasteiger partial charge on any atom is -0.242 e. The molecule has 0 N–H and O–H groups in total. The molecule has 3 nitrogen and oxygen atoms in total. The van der Waals surface area contributed by atoms with E-state index in [0.717, 1.165) is 17.8 Å². The Bertz CT molecular complexity index is 297. The summed E-state index contributed by atoms with van der Waals surface area (Å²) in [5.41, 5.74) is 1.15. The predicted octanol–water partition coefficient (Wildman–Crippen LogP) is 2.27. The highest BCUT2D eigenvalue weighted by Crippen LogP contribution is 2.18. The van der Waals surface area contributed by atoms with Gasteiger partial charge in [-0.3, -0.25) is 0 Å². The molecule has 1 aromatic rings. The number of nitrogens with zero attached hydrogens (tertiary/aromatic N) is 3. The number of aromatic nitrogens is 2. The molecule has 0 bridgehead atoms. The molecule has 0 atom stereocenters. The van der Waals surface area contributed by atoms with Gasteiger partial charge in [0, 0.05) is 18.0 Å². The summed E-state index contributed by atoms with van der Waals surface area (Å²) in [6, 6.07) is 0. The smallest absolute Gasteiger partial charge is 0.157 e. The number of aryl methyl sites for hydroxylation is 1. The second-order valence-corrected chi connectivity index (χ2v) is 2.36. The molecule has 1 heterocycles. The summed E-state index contributed by atoms with van der Waals surface area (Å²) in [7, 11) is 0. The van der Waals surface area contributed by atoms with Crippen LogP contribution in [0.4, 0.5) is 5.82 Å². The van der Waals surface area contributed by atoms with E-state index in [4.69, 9.17) is 0 Å². The van der Waals surface area contributed by atoms with E-state index < -0.39 is 0 Å². The van der Waals surface area contributed by atoms with E-state index in [0.29, 0.717) is 0 Å². The van der Waals surface area contributed by atoms with Crippen LogP contribution in [0.3, 0.4) is 0 Å². The topological polar surface area (TPSA) is 30.2 Å². The van der Waals surface area contributed by atoms with Crippen LogP contribution in [0.5, 0.6) is 0 Å². The molecule has 0 saturated heterocycles. The van der Waals surface area contributed by atoms with Gasteiger partial charge in [0.1, 0.15) is 0 Å². The highest BCUT2D eigenvalue weighted by molar-refractivity contribution is 5.61. The van der Waals surface area contributed by atoms with Crippen molar-refractivity contribution >= 4 is 18.2 Å². The summed E-state index contributed by atoms with van der Waals surface area (Å²) in [6.07, 6.45) is 6.18. The van der Waals surface area contributed by atoms with Crippen LogP contribution in [0.15, 0.2) is 17.8 Å². The molecule has 0 fully saturated rings. The van der Waals surface area contributed by atoms with Gasteiger partial charge >= 0.3 is 0 Å². The molecule has 0 aliphatic rings. The molecule has 0 saturated carbocycles. The molecule has 0 radical (unpaired) electrons. The average molecular weight is 163 g/mol. The minimum absolute atomic E-state index is 0.884. The molecule has 64 valence electrons. The number of hydrogen-bond donors (Lipinski definition) is 0. The lowest BCUT2D eigenvalue weighted by atomic mass is 10.2. The van der Waals surface area contributed by atoms with Crippen LogP contribution in [-0.4, -0.2) is 16.0 Å². The van der Waals surface area contributed by atoms with Gasteiger partial charge in [-0.1, -0.05) is 13.5 Å². The van der Waals surface area contributed by atoms with Gasteiger partial charge < -0.3 is 0 Å². The van der Waals surface area contributed by atoms with Gasteiger partial charge in [0.05, 0.1) is 6.20 Å². The summed E-state index contributed by atoms with van der Waals surface area (Å²) >= 11 is 0. The zero-order chi connectivity index (χ0) is 8.97. The van der Waals surface area contributed by atoms with Crippen molar-refractivity contribution in [2.24, 2.45) is 4.99 Å². The van der Waals surface area contributed by atoms with E-state index in [1.54, 1.807) is 17.1 Å². The number of hydrogen-bond acceptors (Lipinski definition) is 2. The van der Waals surface area contributed by atoms with Gasteiger partial charge in [-0.05, 0) is 13.3 Å². The van der Waals surface area contributed by atoms with Crippen molar-refractivity contribution in [3.63, 3.8) is 0 Å². The van der Waals surface area contributed by atoms with E-state index in [1.165, 1.54) is 0 Å². The van der Waals surface area contributed by atoms with Crippen LogP contribution in [0, 0.1) is 0 Å². The Morgan fingerprint density at radius 3 is 3.00 bits per heavy atom. The lowest BCUT2D eigenvalue weighted by molar-refractivity contribution is 0.934. The zero-order valence-corrected chi connectivity index (χ0v) is 7.49. The first-order valence-electron chi connectivity index (χ1n) is 4.01. The second-order valence-electron chi connectivity index (χ2n) is 2.36. The Morgan fingerprint density at radius 2 is 2.50 bits per heavy atom. The summed E-state index contributed by atoms with van der Waals surface area (Å²) in [5, 5.41) is 4.11. The van der Waals surface area contributed by atoms with Crippen molar-refractivity contribution in [1.82, 2.24) is 9.78 Å². The Hall–Kier alpha value is -1.38. The summed E-state index contributed by atoms with van der Waals surface area (Å²) in [6.45, 7) is 7.62. The molecule has 0 aliphatic heterocycles. The van der Waals surface area contributed by atoms with Crippen molar-refractivity contribution in [3.8, 4) is 0 Å². The molecule has 1 aromatic heterocycles. The fourth-order valence-electron chi connectivity index (χ4n) is 1.04. The Labute approximate surface area is 72.4 Å². The zero-order valence-electron chi connectivity index (χ0n) is 7.49. The lowest BCUT2D eigenvalue weighted by Crippen LogP contribution is -1.86. The SMILES string of the molecule is C=Cn1ncc(CC)c1/N=C\C. The Kier molecular flexibility index (Phi) is 2.80. The van der Waals surface area contributed by atoms with Crippen LogP contribution in [0.1, 0.15) is 19.4 Å². The third-order valence-corrected chi connectivity index (χ3v) is 1.65. The quantitative estimate of drug-likeness (QED) is 0.628. The fourth-order valence-corrected chi connectivity index (χ4v) is 1.04. The molecule has 0 aromatic carbocycles. The van der Waals surface area contributed by atoms with Gasteiger partial charge in [-0.25, -0.2) is 9.67 Å². The predicted molar refractivity (Wildman–Crippen MR) is 51.8 cm³/mol. The Morgan fingerprint density at radius 1 is 1.75 bits per heavy atom. The van der Waals surface area contributed by atoms with E-state index in [1.807, 2.05) is 13.1 Å². The average Bonchev–Trinajstić information content (AvgIpc) is 2.48. The van der Waals surface area contributed by atoms with Crippen LogP contribution in [0.25, 0.3) is 6.20 Å². The molecule has 0 amide bonds. The lowest BCUT2D eigenvalue weighted by Gasteiger charge is -1.96. The highest BCUT2D eigenvalue weighted by Gasteiger charge is 2.03. The monoisotopic (exact) mass is 163 g/mol. The van der Waals surface area contributed by atoms with E-state index in [-0.39, 0.29) is 0 Å². The molecular formula is C9H13N3. The molecule has 12 heavy (non-hydrogen) atoms. The van der Waals surface area contributed by atoms with Gasteiger partial charge in [0.15, 0.2) is 5.82 Å². The first-order chi connectivity index (χ1) is 5.83. The van der Waals surface area contributed by atoms with Crippen LogP contribution >= 0.6 is 0 Å². The maximum Gasteiger partial charge on any atom is 0.157 e. The molecule has 3 heteroatoms. The van der Waals surface area contributed by atoms with Gasteiger partial charge in [-0.15, -0.1) is 0 Å². The van der Waals surface area contributed by atoms with Gasteiger partial charge in [0.2, 0.25) is 0 Å². The van der Waals surface area contributed by atoms with Crippen molar-refractivity contribution in [2.75, 3.05) is 0 Å². The third-order valence-electron chi connectivity index (χ3n) is 1.65. The van der Waals surface area contributed by atoms with Crippen molar-refractivity contribution in [3.05, 3.63) is 18.3 Å².